The van der Waals surface area contributed by atoms with Gasteiger partial charge in [0.25, 0.3) is 0 Å². The van der Waals surface area contributed by atoms with Crippen LogP contribution in [-0.4, -0.2) is 50.3 Å². The molecule has 0 saturated carbocycles. The van der Waals surface area contributed by atoms with E-state index in [2.05, 4.69) is 44.8 Å². The average Bonchev–Trinajstić information content (AvgIpc) is 2.42. The van der Waals surface area contributed by atoms with Crippen LogP contribution in [0.15, 0.2) is 0 Å². The highest BCUT2D eigenvalue weighted by Gasteiger charge is 2.15. The maximum absolute atomic E-state index is 5.35. The second kappa shape index (κ2) is 13.8. The minimum Gasteiger partial charge on any atom is -0.382 e. The summed E-state index contributed by atoms with van der Waals surface area (Å²) in [6.45, 7) is 17.7. The van der Waals surface area contributed by atoms with E-state index < -0.39 is 0 Å². The van der Waals surface area contributed by atoms with Gasteiger partial charge < -0.3 is 10.1 Å². The van der Waals surface area contributed by atoms with Crippen LogP contribution in [0, 0.1) is 5.92 Å². The van der Waals surface area contributed by atoms with Gasteiger partial charge in [0.05, 0.1) is 0 Å². The van der Waals surface area contributed by atoms with Crippen LogP contribution in [0.3, 0.4) is 0 Å². The van der Waals surface area contributed by atoms with Crippen molar-refractivity contribution in [3.8, 4) is 0 Å². The predicted octanol–water partition coefficient (Wildman–Crippen LogP) is 3.54. The summed E-state index contributed by atoms with van der Waals surface area (Å²) < 4.78 is 5.35. The molecule has 0 aliphatic carbocycles. The fraction of sp³-hybridized carbons (Fsp3) is 1.00. The Labute approximate surface area is 127 Å². The maximum Gasteiger partial charge on any atom is 0.0466 e. The third-order valence-corrected chi connectivity index (χ3v) is 3.73. The van der Waals surface area contributed by atoms with Gasteiger partial charge in [-0.2, -0.15) is 0 Å². The molecule has 3 nitrogen and oxygen atoms in total. The van der Waals surface area contributed by atoms with E-state index in [1.807, 2.05) is 0 Å². The van der Waals surface area contributed by atoms with Crippen LogP contribution >= 0.6 is 0 Å². The van der Waals surface area contributed by atoms with Gasteiger partial charge in [-0.25, -0.2) is 0 Å². The van der Waals surface area contributed by atoms with Gasteiger partial charge in [0.2, 0.25) is 0 Å². The van der Waals surface area contributed by atoms with Crippen molar-refractivity contribution in [3.05, 3.63) is 0 Å². The summed E-state index contributed by atoms with van der Waals surface area (Å²) >= 11 is 0. The Hall–Kier alpha value is -0.120. The molecule has 0 fully saturated rings. The Morgan fingerprint density at radius 1 is 1.00 bits per heavy atom. The summed E-state index contributed by atoms with van der Waals surface area (Å²) in [5.41, 5.74) is 0. The van der Waals surface area contributed by atoms with Gasteiger partial charge in [0, 0.05) is 38.9 Å². The third-order valence-electron chi connectivity index (χ3n) is 3.73. The zero-order chi connectivity index (χ0) is 15.2. The Morgan fingerprint density at radius 2 is 1.70 bits per heavy atom. The van der Waals surface area contributed by atoms with Crippen LogP contribution < -0.4 is 5.32 Å². The van der Waals surface area contributed by atoms with E-state index in [9.17, 15) is 0 Å². The second-order valence-corrected chi connectivity index (χ2v) is 6.01. The van der Waals surface area contributed by atoms with Gasteiger partial charge in [0.1, 0.15) is 0 Å². The van der Waals surface area contributed by atoms with Crippen molar-refractivity contribution in [1.82, 2.24) is 10.2 Å². The molecule has 0 rings (SSSR count). The van der Waals surface area contributed by atoms with Gasteiger partial charge in [-0.1, -0.05) is 27.7 Å². The molecule has 1 N–H and O–H groups in total. The molecule has 0 saturated heterocycles. The van der Waals surface area contributed by atoms with Crippen LogP contribution in [0.25, 0.3) is 0 Å². The molecular formula is C17H38N2O. The van der Waals surface area contributed by atoms with E-state index in [0.717, 1.165) is 38.3 Å². The van der Waals surface area contributed by atoms with Crippen molar-refractivity contribution in [2.75, 3.05) is 39.4 Å². The average molecular weight is 287 g/mol. The van der Waals surface area contributed by atoms with Crippen LogP contribution in [0.5, 0.6) is 0 Å². The van der Waals surface area contributed by atoms with Crippen molar-refractivity contribution in [1.29, 1.82) is 0 Å². The van der Waals surface area contributed by atoms with Crippen molar-refractivity contribution in [2.45, 2.75) is 66.3 Å². The molecule has 0 aromatic rings. The van der Waals surface area contributed by atoms with Crippen LogP contribution in [0.1, 0.15) is 60.3 Å². The first-order chi connectivity index (χ1) is 9.65. The van der Waals surface area contributed by atoms with Crippen LogP contribution in [-0.2, 0) is 4.74 Å². The van der Waals surface area contributed by atoms with E-state index in [-0.39, 0.29) is 0 Å². The largest absolute Gasteiger partial charge is 0.382 e. The molecule has 3 heteroatoms. The minimum absolute atomic E-state index is 0.747. The molecule has 0 aromatic carbocycles. The number of rotatable bonds is 14. The second-order valence-electron chi connectivity index (χ2n) is 6.01. The minimum atomic E-state index is 0.747. The van der Waals surface area contributed by atoms with Crippen molar-refractivity contribution < 1.29 is 4.74 Å². The van der Waals surface area contributed by atoms with E-state index in [4.69, 9.17) is 4.74 Å². The fourth-order valence-corrected chi connectivity index (χ4v) is 2.64. The molecule has 0 amide bonds. The molecule has 0 radical (unpaired) electrons. The van der Waals surface area contributed by atoms with Crippen molar-refractivity contribution in [3.63, 3.8) is 0 Å². The monoisotopic (exact) mass is 286 g/mol. The number of hydrogen-bond acceptors (Lipinski definition) is 3. The Bertz CT molecular complexity index is 193. The Kier molecular flexibility index (Phi) is 13.8. The summed E-state index contributed by atoms with van der Waals surface area (Å²) in [7, 11) is 0. The molecule has 122 valence electrons. The molecule has 0 aromatic heterocycles. The molecule has 20 heavy (non-hydrogen) atoms. The van der Waals surface area contributed by atoms with Gasteiger partial charge in [-0.15, -0.1) is 0 Å². The lowest BCUT2D eigenvalue weighted by atomic mass is 10.1. The fourth-order valence-electron chi connectivity index (χ4n) is 2.64. The maximum atomic E-state index is 5.35. The normalized spacial score (nSPS) is 12.0. The molecule has 0 aliphatic heterocycles. The zero-order valence-corrected chi connectivity index (χ0v) is 14.6. The highest BCUT2D eigenvalue weighted by Crippen LogP contribution is 2.10. The summed E-state index contributed by atoms with van der Waals surface area (Å²) in [4.78, 5) is 2.66. The van der Waals surface area contributed by atoms with Gasteiger partial charge in [-0.3, -0.25) is 4.90 Å². The topological polar surface area (TPSA) is 24.5 Å². The van der Waals surface area contributed by atoms with Crippen molar-refractivity contribution in [2.24, 2.45) is 5.92 Å². The molecule has 0 unspecified atom stereocenters. The smallest absolute Gasteiger partial charge is 0.0466 e. The van der Waals surface area contributed by atoms with Crippen molar-refractivity contribution >= 4 is 0 Å². The number of nitrogens with one attached hydrogen (secondary N) is 1. The highest BCUT2D eigenvalue weighted by molar-refractivity contribution is 4.71. The lowest BCUT2D eigenvalue weighted by molar-refractivity contribution is 0.143. The van der Waals surface area contributed by atoms with E-state index in [1.54, 1.807) is 0 Å². The molecule has 0 heterocycles. The van der Waals surface area contributed by atoms with Gasteiger partial charge in [-0.05, 0) is 45.1 Å². The van der Waals surface area contributed by atoms with E-state index in [1.165, 1.54) is 38.8 Å². The Balaban J connectivity index is 3.73. The van der Waals surface area contributed by atoms with E-state index >= 15 is 0 Å². The zero-order valence-electron chi connectivity index (χ0n) is 14.6. The first-order valence-corrected chi connectivity index (χ1v) is 8.68. The quantitative estimate of drug-likeness (QED) is 0.494. The summed E-state index contributed by atoms with van der Waals surface area (Å²) in [5.74, 6) is 0.752. The van der Waals surface area contributed by atoms with E-state index in [0.29, 0.717) is 0 Å². The number of ether oxygens (including phenoxy) is 1. The first-order valence-electron chi connectivity index (χ1n) is 8.68. The SMILES string of the molecule is CCOCCCCNCCN(CC(C)C)C(CC)CC. The number of hydrogen-bond donors (Lipinski definition) is 1. The third kappa shape index (κ3) is 10.6. The Morgan fingerprint density at radius 3 is 2.25 bits per heavy atom. The first kappa shape index (κ1) is 19.9. The molecule has 0 atom stereocenters. The number of nitrogens with zero attached hydrogens (tertiary/aromatic N) is 1. The number of unbranched alkanes of at least 4 members (excludes halogenated alkanes) is 1. The lowest BCUT2D eigenvalue weighted by Gasteiger charge is -2.32. The molecular weight excluding hydrogens is 248 g/mol. The molecule has 0 aliphatic rings. The highest BCUT2D eigenvalue weighted by atomic mass is 16.5. The van der Waals surface area contributed by atoms with Crippen LogP contribution in [0.4, 0.5) is 0 Å². The molecule has 0 bridgehead atoms. The predicted molar refractivity (Wildman–Crippen MR) is 89.4 cm³/mol. The standard InChI is InChI=1S/C17H38N2O/c1-6-17(7-2)19(15-16(4)5)13-12-18-11-9-10-14-20-8-3/h16-18H,6-15H2,1-5H3. The van der Waals surface area contributed by atoms with Crippen LogP contribution in [0.2, 0.25) is 0 Å². The lowest BCUT2D eigenvalue weighted by Crippen LogP contribution is -2.41. The van der Waals surface area contributed by atoms with Gasteiger partial charge in [0.15, 0.2) is 0 Å². The summed E-state index contributed by atoms with van der Waals surface area (Å²) in [6, 6.07) is 0.747. The van der Waals surface area contributed by atoms with Gasteiger partial charge >= 0.3 is 0 Å². The summed E-state index contributed by atoms with van der Waals surface area (Å²) in [5, 5.41) is 3.57. The molecule has 0 spiro atoms. The summed E-state index contributed by atoms with van der Waals surface area (Å²) in [6.07, 6.45) is 4.91.